The molecule has 0 spiro atoms. The first-order chi connectivity index (χ1) is 9.77. The quantitative estimate of drug-likeness (QED) is 0.605. The number of carbonyl (C=O) groups excluding carboxylic acids is 1. The highest BCUT2D eigenvalue weighted by molar-refractivity contribution is 5.78. The zero-order valence-corrected chi connectivity index (χ0v) is 13.2. The lowest BCUT2D eigenvalue weighted by atomic mass is 9.82. The van der Waals surface area contributed by atoms with Crippen molar-refractivity contribution in [3.63, 3.8) is 0 Å². The number of amides is 1. The van der Waals surface area contributed by atoms with Crippen LogP contribution in [0, 0.1) is 11.8 Å². The molecule has 20 heavy (non-hydrogen) atoms. The van der Waals surface area contributed by atoms with Gasteiger partial charge in [-0.05, 0) is 18.8 Å². The third-order valence-corrected chi connectivity index (χ3v) is 4.29. The van der Waals surface area contributed by atoms with Crippen molar-refractivity contribution < 1.29 is 9.53 Å². The fourth-order valence-corrected chi connectivity index (χ4v) is 3.00. The second-order valence-electron chi connectivity index (χ2n) is 5.88. The topological polar surface area (TPSA) is 50.4 Å². The van der Waals surface area contributed by atoms with Crippen LogP contribution in [-0.2, 0) is 9.53 Å². The van der Waals surface area contributed by atoms with Crippen molar-refractivity contribution in [1.82, 2.24) is 10.6 Å². The Morgan fingerprint density at radius 3 is 2.60 bits per heavy atom. The highest BCUT2D eigenvalue weighted by Crippen LogP contribution is 2.30. The summed E-state index contributed by atoms with van der Waals surface area (Å²) in [4.78, 5) is 12.2. The molecule has 1 rings (SSSR count). The minimum Gasteiger partial charge on any atom is -0.383 e. The molecule has 0 bridgehead atoms. The zero-order valence-electron chi connectivity index (χ0n) is 13.2. The average molecular weight is 284 g/mol. The largest absolute Gasteiger partial charge is 0.383 e. The summed E-state index contributed by atoms with van der Waals surface area (Å²) in [6.45, 7) is 5.21. The third-order valence-electron chi connectivity index (χ3n) is 4.29. The fourth-order valence-electron chi connectivity index (χ4n) is 3.00. The molecule has 1 aliphatic carbocycles. The van der Waals surface area contributed by atoms with Crippen LogP contribution in [0.15, 0.2) is 0 Å². The summed E-state index contributed by atoms with van der Waals surface area (Å²) in [6, 6.07) is 0. The maximum absolute atomic E-state index is 12.2. The number of methoxy groups -OCH3 is 1. The summed E-state index contributed by atoms with van der Waals surface area (Å²) in [5, 5.41) is 6.30. The Hall–Kier alpha value is -0.610. The molecule has 0 heterocycles. The van der Waals surface area contributed by atoms with Gasteiger partial charge < -0.3 is 15.4 Å². The fraction of sp³-hybridized carbons (Fsp3) is 0.938. The van der Waals surface area contributed by atoms with Gasteiger partial charge in [-0.25, -0.2) is 0 Å². The van der Waals surface area contributed by atoms with Crippen LogP contribution in [0.1, 0.15) is 51.9 Å². The molecule has 1 unspecified atom stereocenters. The van der Waals surface area contributed by atoms with Crippen molar-refractivity contribution >= 4 is 5.91 Å². The van der Waals surface area contributed by atoms with E-state index in [-0.39, 0.29) is 11.8 Å². The minimum absolute atomic E-state index is 0.206. The van der Waals surface area contributed by atoms with Crippen molar-refractivity contribution in [2.75, 3.05) is 33.4 Å². The Balaban J connectivity index is 2.14. The Morgan fingerprint density at radius 1 is 1.20 bits per heavy atom. The summed E-state index contributed by atoms with van der Waals surface area (Å²) in [5.41, 5.74) is 0. The van der Waals surface area contributed by atoms with E-state index in [1.807, 2.05) is 0 Å². The number of hydrogen-bond donors (Lipinski definition) is 2. The van der Waals surface area contributed by atoms with Crippen LogP contribution < -0.4 is 10.6 Å². The van der Waals surface area contributed by atoms with Gasteiger partial charge in [-0.15, -0.1) is 0 Å². The van der Waals surface area contributed by atoms with Gasteiger partial charge in [0.1, 0.15) is 0 Å². The van der Waals surface area contributed by atoms with E-state index in [1.54, 1.807) is 7.11 Å². The summed E-state index contributed by atoms with van der Waals surface area (Å²) >= 11 is 0. The summed E-state index contributed by atoms with van der Waals surface area (Å²) < 4.78 is 4.96. The Kier molecular flexibility index (Phi) is 9.67. The highest BCUT2D eigenvalue weighted by Gasteiger charge is 2.22. The average Bonchev–Trinajstić information content (AvgIpc) is 2.49. The van der Waals surface area contributed by atoms with E-state index in [1.165, 1.54) is 32.1 Å². The maximum Gasteiger partial charge on any atom is 0.223 e. The molecule has 1 fully saturated rings. The Labute approximate surface area is 124 Å². The van der Waals surface area contributed by atoms with Gasteiger partial charge in [0.25, 0.3) is 0 Å². The molecule has 1 amide bonds. The van der Waals surface area contributed by atoms with E-state index in [2.05, 4.69) is 17.6 Å². The molecule has 0 radical (unpaired) electrons. The van der Waals surface area contributed by atoms with Gasteiger partial charge in [0.15, 0.2) is 0 Å². The van der Waals surface area contributed by atoms with Crippen LogP contribution in [0.3, 0.4) is 0 Å². The number of rotatable bonds is 10. The van der Waals surface area contributed by atoms with Crippen molar-refractivity contribution in [3.05, 3.63) is 0 Å². The second kappa shape index (κ2) is 11.1. The zero-order chi connectivity index (χ0) is 14.6. The van der Waals surface area contributed by atoms with E-state index >= 15 is 0 Å². The minimum atomic E-state index is 0.206. The van der Waals surface area contributed by atoms with Gasteiger partial charge in [-0.2, -0.15) is 0 Å². The van der Waals surface area contributed by atoms with E-state index in [9.17, 15) is 4.79 Å². The van der Waals surface area contributed by atoms with Crippen molar-refractivity contribution in [3.8, 4) is 0 Å². The molecular formula is C16H32N2O2. The summed E-state index contributed by atoms with van der Waals surface area (Å²) in [5.74, 6) is 1.22. The van der Waals surface area contributed by atoms with Crippen molar-refractivity contribution in [1.29, 1.82) is 0 Å². The number of hydrogen-bond acceptors (Lipinski definition) is 3. The number of ether oxygens (including phenoxy) is 1. The monoisotopic (exact) mass is 284 g/mol. The van der Waals surface area contributed by atoms with Crippen LogP contribution in [0.2, 0.25) is 0 Å². The molecule has 2 N–H and O–H groups in total. The SMILES string of the molecule is CCC(CC1CCCCC1)C(=O)NCCNCCOC. The molecule has 0 saturated heterocycles. The molecule has 0 aliphatic heterocycles. The van der Waals surface area contributed by atoms with Gasteiger partial charge in [0.05, 0.1) is 6.61 Å². The lowest BCUT2D eigenvalue weighted by molar-refractivity contribution is -0.125. The lowest BCUT2D eigenvalue weighted by Gasteiger charge is -2.25. The second-order valence-corrected chi connectivity index (χ2v) is 5.88. The molecule has 1 aliphatic rings. The lowest BCUT2D eigenvalue weighted by Crippen LogP contribution is -2.37. The summed E-state index contributed by atoms with van der Waals surface area (Å²) in [6.07, 6.45) is 8.77. The van der Waals surface area contributed by atoms with Crippen LogP contribution in [0.4, 0.5) is 0 Å². The van der Waals surface area contributed by atoms with Gasteiger partial charge in [-0.3, -0.25) is 4.79 Å². The summed E-state index contributed by atoms with van der Waals surface area (Å²) in [7, 11) is 1.70. The van der Waals surface area contributed by atoms with Crippen molar-refractivity contribution in [2.24, 2.45) is 11.8 Å². The van der Waals surface area contributed by atoms with Crippen LogP contribution in [0.5, 0.6) is 0 Å². The first-order valence-corrected chi connectivity index (χ1v) is 8.25. The smallest absolute Gasteiger partial charge is 0.223 e. The van der Waals surface area contributed by atoms with Crippen LogP contribution in [0.25, 0.3) is 0 Å². The Morgan fingerprint density at radius 2 is 1.95 bits per heavy atom. The normalized spacial score (nSPS) is 17.9. The predicted molar refractivity (Wildman–Crippen MR) is 82.7 cm³/mol. The van der Waals surface area contributed by atoms with Crippen LogP contribution in [-0.4, -0.2) is 39.3 Å². The molecule has 1 atom stereocenters. The third kappa shape index (κ3) is 7.25. The van der Waals surface area contributed by atoms with Gasteiger partial charge >= 0.3 is 0 Å². The van der Waals surface area contributed by atoms with Crippen molar-refractivity contribution in [2.45, 2.75) is 51.9 Å². The van der Waals surface area contributed by atoms with Gasteiger partial charge in [-0.1, -0.05) is 39.0 Å². The number of nitrogens with one attached hydrogen (secondary N) is 2. The van der Waals surface area contributed by atoms with E-state index in [0.717, 1.165) is 31.8 Å². The first kappa shape index (κ1) is 17.4. The first-order valence-electron chi connectivity index (χ1n) is 8.25. The van der Waals surface area contributed by atoms with Gasteiger partial charge in [0.2, 0.25) is 5.91 Å². The number of carbonyl (C=O) groups is 1. The molecule has 1 saturated carbocycles. The molecule has 4 heteroatoms. The van der Waals surface area contributed by atoms with E-state index in [4.69, 9.17) is 4.74 Å². The molecule has 0 aromatic rings. The highest BCUT2D eigenvalue weighted by atomic mass is 16.5. The van der Waals surface area contributed by atoms with Crippen LogP contribution >= 0.6 is 0 Å². The van der Waals surface area contributed by atoms with E-state index < -0.39 is 0 Å². The molecule has 0 aromatic heterocycles. The van der Waals surface area contributed by atoms with E-state index in [0.29, 0.717) is 13.2 Å². The molecule has 4 nitrogen and oxygen atoms in total. The van der Waals surface area contributed by atoms with Gasteiger partial charge in [0, 0.05) is 32.7 Å². The molecular weight excluding hydrogens is 252 g/mol. The maximum atomic E-state index is 12.2. The predicted octanol–water partition coefficient (Wildman–Crippen LogP) is 2.34. The molecule has 0 aromatic carbocycles. The Bertz CT molecular complexity index is 253. The molecule has 118 valence electrons. The standard InChI is InChI=1S/C16H32N2O2/c1-3-15(13-14-7-5-4-6-8-14)16(19)18-10-9-17-11-12-20-2/h14-15,17H,3-13H2,1-2H3,(H,18,19).